The van der Waals surface area contributed by atoms with Gasteiger partial charge in [-0.25, -0.2) is 14.2 Å². The number of halogens is 1. The summed E-state index contributed by atoms with van der Waals surface area (Å²) in [5.74, 6) is 0.0672. The van der Waals surface area contributed by atoms with Crippen molar-refractivity contribution in [2.75, 3.05) is 11.9 Å². The molecule has 0 aliphatic rings. The summed E-state index contributed by atoms with van der Waals surface area (Å²) >= 11 is 0. The number of hydrogen-bond donors (Lipinski definition) is 1. The lowest BCUT2D eigenvalue weighted by molar-refractivity contribution is 0.179. The van der Waals surface area contributed by atoms with Crippen molar-refractivity contribution in [3.63, 3.8) is 0 Å². The van der Waals surface area contributed by atoms with E-state index in [1.165, 1.54) is 16.7 Å². The van der Waals surface area contributed by atoms with Gasteiger partial charge in [0.05, 0.1) is 22.6 Å². The Bertz CT molecular complexity index is 1450. The van der Waals surface area contributed by atoms with Crippen molar-refractivity contribution in [3.8, 4) is 5.69 Å². The summed E-state index contributed by atoms with van der Waals surface area (Å²) in [4.78, 5) is 34.3. The van der Waals surface area contributed by atoms with Gasteiger partial charge in [-0.1, -0.05) is 63.4 Å². The van der Waals surface area contributed by atoms with Crippen LogP contribution in [-0.2, 0) is 0 Å². The minimum Gasteiger partial charge on any atom is -0.314 e. The second-order valence-electron chi connectivity index (χ2n) is 9.53. The molecule has 0 fully saturated rings. The van der Waals surface area contributed by atoms with E-state index in [-0.39, 0.29) is 17.4 Å². The number of aryl methyl sites for hydroxylation is 1. The van der Waals surface area contributed by atoms with Crippen LogP contribution >= 0.6 is 0 Å². The molecule has 0 bridgehead atoms. The maximum absolute atomic E-state index is 13.8. The van der Waals surface area contributed by atoms with Gasteiger partial charge in [-0.05, 0) is 67.8 Å². The van der Waals surface area contributed by atoms with Gasteiger partial charge in [0.25, 0.3) is 5.56 Å². The number of aromatic nitrogens is 2. The third-order valence-electron chi connectivity index (χ3n) is 6.85. The van der Waals surface area contributed by atoms with Gasteiger partial charge >= 0.3 is 6.03 Å². The summed E-state index contributed by atoms with van der Waals surface area (Å²) in [6.45, 7) is 6.61. The number of para-hydroxylation sites is 2. The van der Waals surface area contributed by atoms with Crippen molar-refractivity contribution >= 4 is 22.6 Å². The van der Waals surface area contributed by atoms with Crippen LogP contribution < -0.4 is 10.9 Å². The summed E-state index contributed by atoms with van der Waals surface area (Å²) in [6.07, 6.45) is 4.54. The lowest BCUT2D eigenvalue weighted by Crippen LogP contribution is -2.41. The second-order valence-corrected chi connectivity index (χ2v) is 9.53. The molecule has 4 rings (SSSR count). The zero-order valence-corrected chi connectivity index (χ0v) is 22.3. The molecule has 1 aromatic heterocycles. The van der Waals surface area contributed by atoms with Crippen molar-refractivity contribution in [1.82, 2.24) is 14.5 Å². The zero-order chi connectivity index (χ0) is 27.1. The average molecular weight is 515 g/mol. The predicted octanol–water partition coefficient (Wildman–Crippen LogP) is 7.40. The summed E-state index contributed by atoms with van der Waals surface area (Å²) in [6, 6.07) is 19.9. The molecular formula is C31H35FN4O2. The Morgan fingerprint density at radius 3 is 2.39 bits per heavy atom. The molecule has 1 N–H and O–H groups in total. The lowest BCUT2D eigenvalue weighted by Gasteiger charge is -2.32. The van der Waals surface area contributed by atoms with Gasteiger partial charge in [-0.3, -0.25) is 9.36 Å². The highest BCUT2D eigenvalue weighted by atomic mass is 19.1. The first-order valence-electron chi connectivity index (χ1n) is 13.4. The average Bonchev–Trinajstić information content (AvgIpc) is 2.92. The minimum atomic E-state index is -0.483. The van der Waals surface area contributed by atoms with E-state index in [9.17, 15) is 14.0 Å². The number of carbonyl (C=O) groups is 1. The fourth-order valence-corrected chi connectivity index (χ4v) is 4.76. The van der Waals surface area contributed by atoms with E-state index in [0.717, 1.165) is 36.9 Å². The number of hydrogen-bond acceptors (Lipinski definition) is 3. The van der Waals surface area contributed by atoms with Gasteiger partial charge < -0.3 is 10.2 Å². The van der Waals surface area contributed by atoms with Gasteiger partial charge in [0.1, 0.15) is 11.6 Å². The molecule has 198 valence electrons. The molecule has 0 saturated heterocycles. The molecule has 2 amide bonds. The third-order valence-corrected chi connectivity index (χ3v) is 6.85. The number of nitrogens with zero attached hydrogens (tertiary/aromatic N) is 3. The molecule has 7 heteroatoms. The molecule has 1 heterocycles. The second kappa shape index (κ2) is 12.5. The Kier molecular flexibility index (Phi) is 8.89. The number of unbranched alkanes of at least 4 members (excludes halogenated alkanes) is 3. The maximum Gasteiger partial charge on any atom is 0.322 e. The normalized spacial score (nSPS) is 11.9. The largest absolute Gasteiger partial charge is 0.322 e. The Morgan fingerprint density at radius 1 is 0.974 bits per heavy atom. The smallest absolute Gasteiger partial charge is 0.314 e. The first kappa shape index (κ1) is 27.0. The van der Waals surface area contributed by atoms with E-state index in [4.69, 9.17) is 4.98 Å². The highest BCUT2D eigenvalue weighted by Gasteiger charge is 2.29. The van der Waals surface area contributed by atoms with Gasteiger partial charge in [-0.2, -0.15) is 0 Å². The van der Waals surface area contributed by atoms with Gasteiger partial charge in [-0.15, -0.1) is 0 Å². The first-order chi connectivity index (χ1) is 18.4. The fraction of sp³-hybridized carbons (Fsp3) is 0.323. The first-order valence-corrected chi connectivity index (χ1v) is 13.4. The molecule has 1 atom stereocenters. The van der Waals surface area contributed by atoms with E-state index < -0.39 is 6.04 Å². The Morgan fingerprint density at radius 2 is 1.68 bits per heavy atom. The third kappa shape index (κ3) is 5.93. The van der Waals surface area contributed by atoms with Crippen LogP contribution in [0.2, 0.25) is 0 Å². The maximum atomic E-state index is 13.8. The lowest BCUT2D eigenvalue weighted by atomic mass is 10.1. The number of rotatable bonds is 10. The molecule has 0 aliphatic carbocycles. The van der Waals surface area contributed by atoms with Crippen LogP contribution in [0.5, 0.6) is 0 Å². The molecule has 0 radical (unpaired) electrons. The zero-order valence-electron chi connectivity index (χ0n) is 22.3. The number of urea groups is 1. The molecule has 0 saturated carbocycles. The molecule has 0 aliphatic heterocycles. The van der Waals surface area contributed by atoms with E-state index in [1.807, 2.05) is 44.2 Å². The highest BCUT2D eigenvalue weighted by molar-refractivity contribution is 5.90. The number of nitrogens with one attached hydrogen (secondary N) is 1. The van der Waals surface area contributed by atoms with Crippen molar-refractivity contribution < 1.29 is 9.18 Å². The van der Waals surface area contributed by atoms with E-state index >= 15 is 0 Å². The molecule has 0 spiro atoms. The van der Waals surface area contributed by atoms with Crippen molar-refractivity contribution in [3.05, 3.63) is 100 Å². The highest BCUT2D eigenvalue weighted by Crippen LogP contribution is 2.28. The molecule has 6 nitrogen and oxygen atoms in total. The van der Waals surface area contributed by atoms with Crippen LogP contribution in [0.4, 0.5) is 14.9 Å². The number of amides is 2. The van der Waals surface area contributed by atoms with Gasteiger partial charge in [0.2, 0.25) is 0 Å². The van der Waals surface area contributed by atoms with Crippen LogP contribution in [-0.4, -0.2) is 27.0 Å². The van der Waals surface area contributed by atoms with Crippen LogP contribution in [0.25, 0.3) is 16.6 Å². The summed E-state index contributed by atoms with van der Waals surface area (Å²) in [7, 11) is 0. The summed E-state index contributed by atoms with van der Waals surface area (Å²) in [5, 5.41) is 3.54. The number of benzene rings is 3. The standard InChI is InChI=1S/C31H35FN4O2/c1-4-6-7-12-21-35(31(38)34-26-15-10-8-13-22(26)3)28(5-2)29-33-27-16-11-9-14-25(27)30(37)36(29)24-19-17-23(32)18-20-24/h8-11,13-20,28H,4-7,12,21H2,1-3H3,(H,34,38). The number of anilines is 1. The van der Waals surface area contributed by atoms with Crippen LogP contribution in [0.15, 0.2) is 77.6 Å². The van der Waals surface area contributed by atoms with Gasteiger partial charge in [0, 0.05) is 12.2 Å². The monoisotopic (exact) mass is 514 g/mol. The van der Waals surface area contributed by atoms with Crippen molar-refractivity contribution in [2.24, 2.45) is 0 Å². The molecular weight excluding hydrogens is 479 g/mol. The number of fused-ring (bicyclic) bond motifs is 1. The quantitative estimate of drug-likeness (QED) is 0.224. The van der Waals surface area contributed by atoms with E-state index in [2.05, 4.69) is 12.2 Å². The fourth-order valence-electron chi connectivity index (χ4n) is 4.76. The molecule has 1 unspecified atom stereocenters. The number of carbonyl (C=O) groups excluding carboxylic acids is 1. The van der Waals surface area contributed by atoms with Crippen molar-refractivity contribution in [2.45, 2.75) is 58.9 Å². The molecule has 4 aromatic rings. The van der Waals surface area contributed by atoms with Gasteiger partial charge in [0.15, 0.2) is 0 Å². The predicted molar refractivity (Wildman–Crippen MR) is 151 cm³/mol. The van der Waals surface area contributed by atoms with Crippen LogP contribution in [0, 0.1) is 12.7 Å². The summed E-state index contributed by atoms with van der Waals surface area (Å²) < 4.78 is 15.3. The molecule has 3 aromatic carbocycles. The Balaban J connectivity index is 1.84. The van der Waals surface area contributed by atoms with Crippen LogP contribution in [0.3, 0.4) is 0 Å². The van der Waals surface area contributed by atoms with Crippen LogP contribution in [0.1, 0.15) is 63.4 Å². The topological polar surface area (TPSA) is 67.2 Å². The summed E-state index contributed by atoms with van der Waals surface area (Å²) in [5.41, 5.74) is 2.53. The Labute approximate surface area is 223 Å². The minimum absolute atomic E-state index is 0.240. The SMILES string of the molecule is CCCCCCN(C(=O)Nc1ccccc1C)C(CC)c1nc2ccccc2c(=O)n1-c1ccc(F)cc1. The van der Waals surface area contributed by atoms with E-state index in [1.54, 1.807) is 35.2 Å². The Hall–Kier alpha value is -4.00. The van der Waals surface area contributed by atoms with Crippen molar-refractivity contribution in [1.29, 1.82) is 0 Å². The van der Waals surface area contributed by atoms with E-state index in [0.29, 0.717) is 35.4 Å². The molecule has 38 heavy (non-hydrogen) atoms.